The number of carbonyl (C=O) groups is 1. The summed E-state index contributed by atoms with van der Waals surface area (Å²) in [6.45, 7) is 2.21. The molecule has 11 heteroatoms. The zero-order chi connectivity index (χ0) is 19.4. The molecular weight excluding hydrogens is 420 g/mol. The van der Waals surface area contributed by atoms with E-state index < -0.39 is 10.8 Å². The lowest BCUT2D eigenvalue weighted by Gasteiger charge is -2.06. The average molecular weight is 435 g/mol. The maximum atomic E-state index is 12.5. The van der Waals surface area contributed by atoms with Gasteiger partial charge in [0.05, 0.1) is 23.0 Å². The molecule has 27 heavy (non-hydrogen) atoms. The van der Waals surface area contributed by atoms with Crippen LogP contribution in [0.3, 0.4) is 0 Å². The number of rotatable bonds is 7. The van der Waals surface area contributed by atoms with E-state index in [-0.39, 0.29) is 18.1 Å². The minimum Gasteiger partial charge on any atom is -0.471 e. The normalized spacial score (nSPS) is 10.6. The number of hydrogen-bond donors (Lipinski definition) is 1. The van der Waals surface area contributed by atoms with Crippen LogP contribution >= 0.6 is 15.9 Å². The van der Waals surface area contributed by atoms with Crippen molar-refractivity contribution >= 4 is 33.2 Å². The largest absolute Gasteiger partial charge is 0.471 e. The Morgan fingerprint density at radius 2 is 2.04 bits per heavy atom. The van der Waals surface area contributed by atoms with Crippen molar-refractivity contribution in [3.8, 4) is 5.75 Å². The lowest BCUT2D eigenvalue weighted by atomic mass is 10.3. The molecule has 0 saturated heterocycles. The highest BCUT2D eigenvalue weighted by molar-refractivity contribution is 9.10. The number of hydrogen-bond acceptors (Lipinski definition) is 6. The number of halogens is 1. The van der Waals surface area contributed by atoms with Gasteiger partial charge in [0, 0.05) is 11.0 Å². The first-order chi connectivity index (χ1) is 13.0. The van der Waals surface area contributed by atoms with Gasteiger partial charge in [-0.3, -0.25) is 19.6 Å². The summed E-state index contributed by atoms with van der Waals surface area (Å²) >= 11 is 3.35. The highest BCUT2D eigenvalue weighted by atomic mass is 79.9. The Morgan fingerprint density at radius 3 is 2.70 bits per heavy atom. The van der Waals surface area contributed by atoms with E-state index in [4.69, 9.17) is 4.74 Å². The van der Waals surface area contributed by atoms with E-state index in [1.165, 1.54) is 15.6 Å². The van der Waals surface area contributed by atoms with Crippen LogP contribution in [0.5, 0.6) is 5.75 Å². The predicted octanol–water partition coefficient (Wildman–Crippen LogP) is 3.06. The predicted molar refractivity (Wildman–Crippen MR) is 99.5 cm³/mol. The van der Waals surface area contributed by atoms with E-state index >= 15 is 0 Å². The van der Waals surface area contributed by atoms with Gasteiger partial charge in [-0.1, -0.05) is 15.9 Å². The number of aryl methyl sites for hydroxylation is 1. The molecule has 2 aromatic heterocycles. The lowest BCUT2D eigenvalue weighted by Crippen LogP contribution is -2.18. The van der Waals surface area contributed by atoms with Gasteiger partial charge in [-0.05, 0) is 31.2 Å². The molecule has 1 aromatic carbocycles. The molecule has 0 aliphatic carbocycles. The van der Waals surface area contributed by atoms with Crippen LogP contribution in [0.2, 0.25) is 0 Å². The third-order valence-corrected chi connectivity index (χ3v) is 4.13. The zero-order valence-corrected chi connectivity index (χ0v) is 15.8. The summed E-state index contributed by atoms with van der Waals surface area (Å²) in [6.07, 6.45) is 4.06. The average Bonchev–Trinajstić information content (AvgIpc) is 3.27. The number of anilines is 1. The second kappa shape index (κ2) is 7.99. The van der Waals surface area contributed by atoms with Crippen molar-refractivity contribution < 1.29 is 14.5 Å². The molecule has 0 unspecified atom stereocenters. The minimum atomic E-state index is -0.635. The molecule has 0 saturated carbocycles. The Balaban J connectivity index is 1.67. The first-order valence-corrected chi connectivity index (χ1v) is 8.69. The summed E-state index contributed by atoms with van der Waals surface area (Å²) in [6, 6.07) is 7.32. The Hall–Kier alpha value is -3.21. The Morgan fingerprint density at radius 1 is 1.30 bits per heavy atom. The van der Waals surface area contributed by atoms with Gasteiger partial charge in [-0.2, -0.15) is 10.2 Å². The van der Waals surface area contributed by atoms with Crippen molar-refractivity contribution in [3.05, 3.63) is 63.1 Å². The fourth-order valence-electron chi connectivity index (χ4n) is 2.34. The quantitative estimate of drug-likeness (QED) is 0.450. The van der Waals surface area contributed by atoms with Crippen LogP contribution in [-0.4, -0.2) is 30.4 Å². The molecular formula is C16H15BrN6O4. The van der Waals surface area contributed by atoms with Crippen molar-refractivity contribution in [1.29, 1.82) is 0 Å². The van der Waals surface area contributed by atoms with Crippen LogP contribution in [0.4, 0.5) is 11.4 Å². The standard InChI is InChI=1S/C16H15BrN6O4/c1-2-22-15(14(8-19-22)23(25)26)16(24)20-12-7-18-21(9-12)10-27-13-5-3-11(17)4-6-13/h3-9H,2,10H2,1H3,(H,20,24). The SMILES string of the molecule is CCn1ncc([N+](=O)[O-])c1C(=O)Nc1cnn(COc2ccc(Br)cc2)c1. The summed E-state index contributed by atoms with van der Waals surface area (Å²) in [4.78, 5) is 22.9. The number of nitrogens with one attached hydrogen (secondary N) is 1. The summed E-state index contributed by atoms with van der Waals surface area (Å²) in [5.74, 6) is 0.0381. The van der Waals surface area contributed by atoms with Crippen molar-refractivity contribution in [1.82, 2.24) is 19.6 Å². The van der Waals surface area contributed by atoms with Gasteiger partial charge in [-0.25, -0.2) is 4.68 Å². The number of nitrogens with zero attached hydrogens (tertiary/aromatic N) is 5. The Kier molecular flexibility index (Phi) is 5.50. The van der Waals surface area contributed by atoms with Gasteiger partial charge in [0.2, 0.25) is 5.69 Å². The number of nitro groups is 1. The van der Waals surface area contributed by atoms with Crippen LogP contribution in [-0.2, 0) is 13.3 Å². The van der Waals surface area contributed by atoms with Crippen molar-refractivity contribution in [2.75, 3.05) is 5.32 Å². The van der Waals surface area contributed by atoms with Crippen LogP contribution < -0.4 is 10.1 Å². The van der Waals surface area contributed by atoms with Gasteiger partial charge < -0.3 is 10.1 Å². The van der Waals surface area contributed by atoms with E-state index in [1.54, 1.807) is 25.3 Å². The number of amides is 1. The molecule has 1 N–H and O–H groups in total. The van der Waals surface area contributed by atoms with Crippen molar-refractivity contribution in [2.24, 2.45) is 0 Å². The number of carbonyl (C=O) groups excluding carboxylic acids is 1. The molecule has 0 atom stereocenters. The van der Waals surface area contributed by atoms with Crippen LogP contribution in [0, 0.1) is 10.1 Å². The summed E-state index contributed by atoms with van der Waals surface area (Å²) in [7, 11) is 0. The molecule has 0 spiro atoms. The monoisotopic (exact) mass is 434 g/mol. The maximum Gasteiger partial charge on any atom is 0.320 e. The van der Waals surface area contributed by atoms with Gasteiger partial charge in [-0.15, -0.1) is 0 Å². The molecule has 0 radical (unpaired) electrons. The van der Waals surface area contributed by atoms with Crippen molar-refractivity contribution in [3.63, 3.8) is 0 Å². The highest BCUT2D eigenvalue weighted by Gasteiger charge is 2.26. The highest BCUT2D eigenvalue weighted by Crippen LogP contribution is 2.20. The van der Waals surface area contributed by atoms with E-state index in [0.717, 1.165) is 10.7 Å². The van der Waals surface area contributed by atoms with Gasteiger partial charge in [0.1, 0.15) is 11.9 Å². The van der Waals surface area contributed by atoms with Crippen LogP contribution in [0.15, 0.2) is 47.3 Å². The molecule has 140 valence electrons. The molecule has 0 aliphatic rings. The first-order valence-electron chi connectivity index (χ1n) is 7.90. The smallest absolute Gasteiger partial charge is 0.320 e. The molecule has 1 amide bonds. The third kappa shape index (κ3) is 4.31. The molecule has 10 nitrogen and oxygen atoms in total. The maximum absolute atomic E-state index is 12.5. The number of ether oxygens (including phenoxy) is 1. The van der Waals surface area contributed by atoms with E-state index in [1.807, 2.05) is 12.1 Å². The third-order valence-electron chi connectivity index (χ3n) is 3.60. The Labute approximate surface area is 162 Å². The molecule has 0 aliphatic heterocycles. The molecule has 3 aromatic rings. The van der Waals surface area contributed by atoms with E-state index in [9.17, 15) is 14.9 Å². The van der Waals surface area contributed by atoms with E-state index in [0.29, 0.717) is 18.0 Å². The van der Waals surface area contributed by atoms with E-state index in [2.05, 4.69) is 31.4 Å². The summed E-state index contributed by atoms with van der Waals surface area (Å²) in [5, 5.41) is 21.6. The van der Waals surface area contributed by atoms with Crippen LogP contribution in [0.1, 0.15) is 17.4 Å². The second-order valence-corrected chi connectivity index (χ2v) is 6.32. The number of benzene rings is 1. The second-order valence-electron chi connectivity index (χ2n) is 5.40. The van der Waals surface area contributed by atoms with Gasteiger partial charge >= 0.3 is 5.69 Å². The molecule has 2 heterocycles. The first kappa shape index (κ1) is 18.6. The molecule has 3 rings (SSSR count). The fourth-order valence-corrected chi connectivity index (χ4v) is 2.61. The number of aromatic nitrogens is 4. The van der Waals surface area contributed by atoms with Crippen molar-refractivity contribution in [2.45, 2.75) is 20.2 Å². The fraction of sp³-hybridized carbons (Fsp3) is 0.188. The summed E-state index contributed by atoms with van der Waals surface area (Å²) in [5.41, 5.74) is -0.0702. The van der Waals surface area contributed by atoms with Gasteiger partial charge in [0.25, 0.3) is 5.91 Å². The zero-order valence-electron chi connectivity index (χ0n) is 14.2. The molecule has 0 fully saturated rings. The van der Waals surface area contributed by atoms with Crippen LogP contribution in [0.25, 0.3) is 0 Å². The topological polar surface area (TPSA) is 117 Å². The minimum absolute atomic E-state index is 0.110. The Bertz CT molecular complexity index is 966. The molecule has 0 bridgehead atoms. The van der Waals surface area contributed by atoms with Gasteiger partial charge in [0.15, 0.2) is 6.73 Å². The lowest BCUT2D eigenvalue weighted by molar-refractivity contribution is -0.385. The summed E-state index contributed by atoms with van der Waals surface area (Å²) < 4.78 is 9.29.